The van der Waals surface area contributed by atoms with Crippen LogP contribution >= 0.6 is 24.0 Å². The number of carboxylic acids is 1. The Bertz CT molecular complexity index is 909. The van der Waals surface area contributed by atoms with Gasteiger partial charge in [-0.05, 0) is 30.9 Å². The molecule has 4 heterocycles. The third-order valence-electron chi connectivity index (χ3n) is 5.46. The summed E-state index contributed by atoms with van der Waals surface area (Å²) in [5, 5.41) is 11.6. The fourth-order valence-corrected chi connectivity index (χ4v) is 3.98. The van der Waals surface area contributed by atoms with Crippen LogP contribution in [0.15, 0.2) is 47.4 Å². The monoisotopic (exact) mass is 496 g/mol. The molecule has 0 saturated carbocycles. The minimum Gasteiger partial charge on any atom is -0.543 e. The van der Waals surface area contributed by atoms with Crippen LogP contribution in [-0.2, 0) is 21.4 Å². The lowest BCUT2D eigenvalue weighted by Gasteiger charge is -2.50. The number of carbonyl (C=O) groups excluding carboxylic acids is 3. The predicted molar refractivity (Wildman–Crippen MR) is 108 cm³/mol. The van der Waals surface area contributed by atoms with Gasteiger partial charge >= 0.3 is 0 Å². The summed E-state index contributed by atoms with van der Waals surface area (Å²) in [6, 6.07) is 2.76. The third kappa shape index (κ3) is 3.22. The fraction of sp³-hybridized carbons (Fsp3) is 0.368. The van der Waals surface area contributed by atoms with Gasteiger partial charge in [-0.25, -0.2) is 4.57 Å². The van der Waals surface area contributed by atoms with Gasteiger partial charge in [0.25, 0.3) is 5.91 Å². The van der Waals surface area contributed by atoms with E-state index in [1.807, 2.05) is 36.1 Å². The maximum absolute atomic E-state index is 12.8. The maximum atomic E-state index is 12.8. The summed E-state index contributed by atoms with van der Waals surface area (Å²) >= 11 is 0. The topological polar surface area (TPSA) is 111 Å². The van der Waals surface area contributed by atoms with E-state index in [2.05, 4.69) is 0 Å². The molecule has 0 aromatic carbocycles. The molecular formula is C19H21IN4O4. The maximum Gasteiger partial charge on any atom is 0.254 e. The highest BCUT2D eigenvalue weighted by Crippen LogP contribution is 2.37. The van der Waals surface area contributed by atoms with Gasteiger partial charge in [-0.1, -0.05) is 0 Å². The largest absolute Gasteiger partial charge is 0.543 e. The molecule has 2 fully saturated rings. The average molecular weight is 496 g/mol. The number of allylic oxidation sites excluding steroid dienone is 2. The van der Waals surface area contributed by atoms with Crippen LogP contribution in [0, 0.1) is 0 Å². The van der Waals surface area contributed by atoms with Gasteiger partial charge in [0.1, 0.15) is 13.1 Å². The lowest BCUT2D eigenvalue weighted by Crippen LogP contribution is -2.70. The molecule has 2 saturated heterocycles. The number of β-lactam (4-membered cyclic amide) rings is 1. The number of aromatic nitrogens is 1. The van der Waals surface area contributed by atoms with Gasteiger partial charge < -0.3 is 25.4 Å². The Kier molecular flexibility index (Phi) is 5.57. The van der Waals surface area contributed by atoms with Crippen molar-refractivity contribution >= 4 is 47.4 Å². The van der Waals surface area contributed by atoms with E-state index < -0.39 is 17.9 Å². The molecule has 148 valence electrons. The van der Waals surface area contributed by atoms with Crippen molar-refractivity contribution < 1.29 is 24.1 Å². The molecule has 1 aromatic heterocycles. The second-order valence-corrected chi connectivity index (χ2v) is 7.10. The van der Waals surface area contributed by atoms with Crippen molar-refractivity contribution in [3.63, 3.8) is 0 Å². The number of amides is 2. The van der Waals surface area contributed by atoms with E-state index in [1.165, 1.54) is 4.90 Å². The highest BCUT2D eigenvalue weighted by atomic mass is 127. The van der Waals surface area contributed by atoms with Gasteiger partial charge in [0.15, 0.2) is 12.4 Å². The van der Waals surface area contributed by atoms with Gasteiger partial charge in [0.2, 0.25) is 5.91 Å². The number of rotatable bonds is 3. The molecule has 0 radical (unpaired) electrons. The van der Waals surface area contributed by atoms with Crippen LogP contribution < -0.4 is 20.3 Å². The minimum absolute atomic E-state index is 0. The Balaban J connectivity index is 0.00000225. The van der Waals surface area contributed by atoms with Crippen molar-refractivity contribution in [3.05, 3.63) is 47.4 Å². The molecule has 1 aromatic rings. The summed E-state index contributed by atoms with van der Waals surface area (Å²) in [7, 11) is 1.90. The van der Waals surface area contributed by atoms with Crippen LogP contribution in [0.25, 0.3) is 0 Å². The number of halogens is 1. The number of nitrogens with two attached hydrogens (primary N) is 1. The molecular weight excluding hydrogens is 475 g/mol. The number of carboxylic acid groups (broad SMARTS) is 1. The lowest BCUT2D eigenvalue weighted by atomic mass is 9.83. The van der Waals surface area contributed by atoms with E-state index in [9.17, 15) is 19.5 Å². The van der Waals surface area contributed by atoms with E-state index in [4.69, 9.17) is 5.73 Å². The van der Waals surface area contributed by atoms with Crippen LogP contribution in [0.2, 0.25) is 0 Å². The number of anilines is 1. The molecule has 2 N–H and O–H groups in total. The van der Waals surface area contributed by atoms with Crippen LogP contribution in [0.3, 0.4) is 0 Å². The van der Waals surface area contributed by atoms with E-state index in [0.29, 0.717) is 37.0 Å². The Labute approximate surface area is 179 Å². The van der Waals surface area contributed by atoms with Crippen molar-refractivity contribution in [2.45, 2.75) is 31.3 Å². The Hall–Kier alpha value is -2.27. The molecule has 0 bridgehead atoms. The van der Waals surface area contributed by atoms with Crippen LogP contribution in [0.1, 0.15) is 19.3 Å². The van der Waals surface area contributed by atoms with Gasteiger partial charge in [-0.3, -0.25) is 9.59 Å². The summed E-state index contributed by atoms with van der Waals surface area (Å²) in [4.78, 5) is 39.3. The highest BCUT2D eigenvalue weighted by Gasteiger charge is 2.49. The molecule has 3 aliphatic rings. The summed E-state index contributed by atoms with van der Waals surface area (Å²) in [5.41, 5.74) is 7.39. The van der Waals surface area contributed by atoms with Crippen molar-refractivity contribution in [1.82, 2.24) is 4.90 Å². The zero-order chi connectivity index (χ0) is 19.3. The Morgan fingerprint density at radius 2 is 1.96 bits per heavy atom. The van der Waals surface area contributed by atoms with Gasteiger partial charge in [-0.2, -0.15) is 0 Å². The average Bonchev–Trinajstić information content (AvgIpc) is 3.01. The van der Waals surface area contributed by atoms with E-state index in [0.717, 1.165) is 5.69 Å². The molecule has 9 heteroatoms. The first-order valence-corrected chi connectivity index (χ1v) is 8.89. The van der Waals surface area contributed by atoms with E-state index >= 15 is 0 Å². The second kappa shape index (κ2) is 7.63. The van der Waals surface area contributed by atoms with Crippen LogP contribution in [0.4, 0.5) is 5.69 Å². The lowest BCUT2D eigenvalue weighted by molar-refractivity contribution is -0.671. The zero-order valence-corrected chi connectivity index (χ0v) is 17.7. The molecule has 2 amide bonds. The fourth-order valence-electron chi connectivity index (χ4n) is 3.98. The predicted octanol–water partition coefficient (Wildman–Crippen LogP) is -0.872. The number of pyridine rings is 1. The molecule has 0 unspecified atom stereocenters. The SMILES string of the molecule is C[n+]1ccc(N2CC/C(=C\C3=C(C(=O)[O-])N4C(=O)[C@@H](N)[C@H]4CC3)C2=O)cc1.I. The van der Waals surface area contributed by atoms with E-state index in [-0.39, 0.29) is 41.6 Å². The first-order chi connectivity index (χ1) is 12.9. The number of fused-ring (bicyclic) bond motifs is 1. The Morgan fingerprint density at radius 3 is 2.61 bits per heavy atom. The van der Waals surface area contributed by atoms with Crippen molar-refractivity contribution in [3.8, 4) is 0 Å². The number of nitrogens with zero attached hydrogens (tertiary/aromatic N) is 3. The zero-order valence-electron chi connectivity index (χ0n) is 15.3. The molecule has 2 atom stereocenters. The number of aryl methyl sites for hydroxylation is 1. The summed E-state index contributed by atoms with van der Waals surface area (Å²) in [6.45, 7) is 0.530. The van der Waals surface area contributed by atoms with Crippen LogP contribution in [0.5, 0.6) is 0 Å². The highest BCUT2D eigenvalue weighted by molar-refractivity contribution is 14.0. The second-order valence-electron chi connectivity index (χ2n) is 7.10. The smallest absolute Gasteiger partial charge is 0.254 e. The molecule has 0 spiro atoms. The van der Waals surface area contributed by atoms with Crippen molar-refractivity contribution in [1.29, 1.82) is 0 Å². The quantitative estimate of drug-likeness (QED) is 0.253. The van der Waals surface area contributed by atoms with Crippen molar-refractivity contribution in [2.75, 3.05) is 11.4 Å². The summed E-state index contributed by atoms with van der Waals surface area (Å²) < 4.78 is 1.88. The first-order valence-electron chi connectivity index (χ1n) is 8.89. The molecule has 28 heavy (non-hydrogen) atoms. The number of hydrogen-bond donors (Lipinski definition) is 1. The Morgan fingerprint density at radius 1 is 1.29 bits per heavy atom. The third-order valence-corrected chi connectivity index (χ3v) is 5.46. The molecule has 3 aliphatic heterocycles. The standard InChI is InChI=1S/C19H20N4O4.HI/c1-21-7-5-13(6-8-21)22-9-4-12(17(22)24)10-11-2-3-14-15(20)18(25)23(14)16(11)19(26)27;/h5-8,10,14-15H,2-4,9,20H2,1H3;1H/b12-10+;/t14-,15+;/m1./s1. The summed E-state index contributed by atoms with van der Waals surface area (Å²) in [6.07, 6.45) is 6.88. The normalized spacial score (nSPS) is 25.6. The molecule has 4 rings (SSSR count). The molecule has 8 nitrogen and oxygen atoms in total. The molecule has 0 aliphatic carbocycles. The van der Waals surface area contributed by atoms with Gasteiger partial charge in [-0.15, -0.1) is 24.0 Å². The minimum atomic E-state index is -1.41. The van der Waals surface area contributed by atoms with Crippen LogP contribution in [-0.4, -0.2) is 41.3 Å². The van der Waals surface area contributed by atoms with E-state index in [1.54, 1.807) is 11.0 Å². The number of carbonyl (C=O) groups is 3. The summed E-state index contributed by atoms with van der Waals surface area (Å²) in [5.74, 6) is -1.97. The van der Waals surface area contributed by atoms with Gasteiger partial charge in [0.05, 0.1) is 23.4 Å². The number of hydrogen-bond acceptors (Lipinski definition) is 5. The van der Waals surface area contributed by atoms with Crippen molar-refractivity contribution in [2.24, 2.45) is 12.8 Å². The van der Waals surface area contributed by atoms with Gasteiger partial charge in [0, 0.05) is 24.3 Å². The first kappa shape index (κ1) is 20.5. The number of aliphatic carboxylic acids is 1.